The van der Waals surface area contributed by atoms with E-state index in [-0.39, 0.29) is 18.5 Å². The van der Waals surface area contributed by atoms with Crippen molar-refractivity contribution >= 4 is 11.9 Å². The molecule has 1 aliphatic rings. The second-order valence-electron chi connectivity index (χ2n) is 5.86. The molecule has 0 heterocycles. The molecule has 1 fully saturated rings. The smallest absolute Gasteiger partial charge is 0.321 e. The lowest BCUT2D eigenvalue weighted by Gasteiger charge is -2.23. The van der Waals surface area contributed by atoms with Crippen molar-refractivity contribution in [2.75, 3.05) is 6.54 Å². The van der Waals surface area contributed by atoms with Crippen LogP contribution >= 0.6 is 0 Å². The fourth-order valence-electron chi connectivity index (χ4n) is 2.84. The molecule has 1 aromatic rings. The molecule has 0 bridgehead atoms. The van der Waals surface area contributed by atoms with Crippen molar-refractivity contribution in [3.63, 3.8) is 0 Å². The molecule has 0 aromatic heterocycles. The minimum Gasteiger partial charge on any atom is -0.480 e. The van der Waals surface area contributed by atoms with Crippen LogP contribution in [0.1, 0.15) is 37.7 Å². The molecular formula is C17H24N2O3. The van der Waals surface area contributed by atoms with E-state index in [9.17, 15) is 14.7 Å². The molecule has 3 N–H and O–H groups in total. The van der Waals surface area contributed by atoms with Crippen LogP contribution in [0, 0.1) is 0 Å². The lowest BCUT2D eigenvalue weighted by atomic mass is 9.95. The van der Waals surface area contributed by atoms with E-state index in [4.69, 9.17) is 0 Å². The zero-order chi connectivity index (χ0) is 15.8. The quantitative estimate of drug-likeness (QED) is 0.717. The Kier molecular flexibility index (Phi) is 6.40. The number of nitrogens with one attached hydrogen (secondary N) is 2. The molecule has 22 heavy (non-hydrogen) atoms. The molecule has 2 rings (SSSR count). The fraction of sp³-hybridized carbons (Fsp3) is 0.529. The van der Waals surface area contributed by atoms with Crippen LogP contribution in [0.25, 0.3) is 0 Å². The van der Waals surface area contributed by atoms with Gasteiger partial charge in [-0.15, -0.1) is 0 Å². The Morgan fingerprint density at radius 2 is 1.82 bits per heavy atom. The highest BCUT2D eigenvalue weighted by atomic mass is 16.4. The number of carbonyl (C=O) groups is 2. The van der Waals surface area contributed by atoms with Crippen molar-refractivity contribution < 1.29 is 14.7 Å². The van der Waals surface area contributed by atoms with E-state index in [1.54, 1.807) is 0 Å². The van der Waals surface area contributed by atoms with Crippen LogP contribution in [0.15, 0.2) is 30.3 Å². The van der Waals surface area contributed by atoms with Crippen LogP contribution in [0.2, 0.25) is 0 Å². The average molecular weight is 304 g/mol. The Morgan fingerprint density at radius 1 is 1.14 bits per heavy atom. The molecular weight excluding hydrogens is 280 g/mol. The van der Waals surface area contributed by atoms with Crippen LogP contribution in [-0.4, -0.2) is 35.6 Å². The summed E-state index contributed by atoms with van der Waals surface area (Å²) >= 11 is 0. The zero-order valence-corrected chi connectivity index (χ0v) is 12.8. The van der Waals surface area contributed by atoms with Gasteiger partial charge in [0.25, 0.3) is 0 Å². The second-order valence-corrected chi connectivity index (χ2v) is 5.86. The Bertz CT molecular complexity index is 484. The lowest BCUT2D eigenvalue weighted by Crippen LogP contribution is -2.46. The van der Waals surface area contributed by atoms with Crippen molar-refractivity contribution in [1.82, 2.24) is 10.6 Å². The maximum absolute atomic E-state index is 11.9. The fourth-order valence-corrected chi connectivity index (χ4v) is 2.84. The number of aliphatic carboxylic acids is 1. The molecule has 1 saturated carbocycles. The van der Waals surface area contributed by atoms with Gasteiger partial charge in [0.2, 0.25) is 5.91 Å². The van der Waals surface area contributed by atoms with E-state index < -0.39 is 12.0 Å². The van der Waals surface area contributed by atoms with Gasteiger partial charge in [-0.05, 0) is 24.8 Å². The molecule has 0 aliphatic heterocycles. The number of rotatable bonds is 7. The summed E-state index contributed by atoms with van der Waals surface area (Å²) < 4.78 is 0. The molecule has 1 aliphatic carbocycles. The molecule has 120 valence electrons. The molecule has 1 atom stereocenters. The minimum atomic E-state index is -0.936. The number of benzene rings is 1. The van der Waals surface area contributed by atoms with E-state index >= 15 is 0 Å². The van der Waals surface area contributed by atoms with Gasteiger partial charge in [-0.3, -0.25) is 14.9 Å². The van der Waals surface area contributed by atoms with Gasteiger partial charge in [0, 0.05) is 6.04 Å². The number of hydrogen-bond acceptors (Lipinski definition) is 3. The zero-order valence-electron chi connectivity index (χ0n) is 12.8. The van der Waals surface area contributed by atoms with E-state index in [0.717, 1.165) is 31.2 Å². The lowest BCUT2D eigenvalue weighted by molar-refractivity contribution is -0.139. The van der Waals surface area contributed by atoms with Crippen molar-refractivity contribution in [2.45, 2.75) is 50.6 Å². The summed E-state index contributed by atoms with van der Waals surface area (Å²) in [5.74, 6) is -1.06. The van der Waals surface area contributed by atoms with Crippen LogP contribution in [0.3, 0.4) is 0 Å². The first-order chi connectivity index (χ1) is 10.6. The van der Waals surface area contributed by atoms with Crippen molar-refractivity contribution in [3.8, 4) is 0 Å². The van der Waals surface area contributed by atoms with E-state index in [1.807, 2.05) is 30.3 Å². The number of carboxylic acids is 1. The van der Waals surface area contributed by atoms with Crippen molar-refractivity contribution in [3.05, 3.63) is 35.9 Å². The summed E-state index contributed by atoms with van der Waals surface area (Å²) in [5.41, 5.74) is 0.940. The van der Waals surface area contributed by atoms with E-state index in [0.29, 0.717) is 6.42 Å². The summed E-state index contributed by atoms with van der Waals surface area (Å²) in [6.45, 7) is 0.0420. The Balaban J connectivity index is 1.78. The monoisotopic (exact) mass is 304 g/mol. The first-order valence-electron chi connectivity index (χ1n) is 7.94. The predicted molar refractivity (Wildman–Crippen MR) is 84.6 cm³/mol. The van der Waals surface area contributed by atoms with E-state index in [1.165, 1.54) is 6.42 Å². The number of hydrogen-bond donors (Lipinski definition) is 3. The van der Waals surface area contributed by atoms with Crippen LogP contribution in [0.5, 0.6) is 0 Å². The van der Waals surface area contributed by atoms with Gasteiger partial charge < -0.3 is 10.4 Å². The van der Waals surface area contributed by atoms with Gasteiger partial charge in [-0.1, -0.05) is 49.6 Å². The van der Waals surface area contributed by atoms with Crippen LogP contribution < -0.4 is 10.6 Å². The standard InChI is InChI=1S/C17H24N2O3/c20-16(19-14-9-5-2-6-10-14)12-18-15(17(21)22)11-13-7-3-1-4-8-13/h1,3-4,7-8,14-15,18H,2,5-6,9-12H2,(H,19,20)(H,21,22)/t15-/m0/s1. The summed E-state index contributed by atoms with van der Waals surface area (Å²) in [6, 6.07) is 8.93. The van der Waals surface area contributed by atoms with Crippen molar-refractivity contribution in [2.24, 2.45) is 0 Å². The van der Waals surface area contributed by atoms with E-state index in [2.05, 4.69) is 10.6 Å². The third-order valence-corrected chi connectivity index (χ3v) is 4.06. The molecule has 0 saturated heterocycles. The largest absolute Gasteiger partial charge is 0.480 e. The molecule has 5 heteroatoms. The van der Waals surface area contributed by atoms with Crippen molar-refractivity contribution in [1.29, 1.82) is 0 Å². The third-order valence-electron chi connectivity index (χ3n) is 4.06. The summed E-state index contributed by atoms with van der Waals surface area (Å²) in [6.07, 6.45) is 5.97. The summed E-state index contributed by atoms with van der Waals surface area (Å²) in [5, 5.41) is 15.1. The highest BCUT2D eigenvalue weighted by Gasteiger charge is 2.20. The first-order valence-corrected chi connectivity index (χ1v) is 7.94. The highest BCUT2D eigenvalue weighted by Crippen LogP contribution is 2.17. The topological polar surface area (TPSA) is 78.4 Å². The Labute approximate surface area is 131 Å². The maximum Gasteiger partial charge on any atom is 0.321 e. The average Bonchev–Trinajstić information content (AvgIpc) is 2.53. The van der Waals surface area contributed by atoms with Gasteiger partial charge >= 0.3 is 5.97 Å². The Morgan fingerprint density at radius 3 is 2.45 bits per heavy atom. The Hall–Kier alpha value is -1.88. The minimum absolute atomic E-state index is 0.0420. The normalized spacial score (nSPS) is 16.9. The first kappa shape index (κ1) is 16.5. The van der Waals surface area contributed by atoms with Gasteiger partial charge in [-0.2, -0.15) is 0 Å². The number of carbonyl (C=O) groups excluding carboxylic acids is 1. The van der Waals surface area contributed by atoms with Crippen LogP contribution in [-0.2, 0) is 16.0 Å². The molecule has 0 spiro atoms. The summed E-state index contributed by atoms with van der Waals surface area (Å²) in [4.78, 5) is 23.2. The highest BCUT2D eigenvalue weighted by molar-refractivity contribution is 5.80. The summed E-state index contributed by atoms with van der Waals surface area (Å²) in [7, 11) is 0. The van der Waals surface area contributed by atoms with Gasteiger partial charge in [0.1, 0.15) is 6.04 Å². The molecule has 1 aromatic carbocycles. The maximum atomic E-state index is 11.9. The van der Waals surface area contributed by atoms with Gasteiger partial charge in [0.05, 0.1) is 6.54 Å². The van der Waals surface area contributed by atoms with Gasteiger partial charge in [0.15, 0.2) is 0 Å². The molecule has 5 nitrogen and oxygen atoms in total. The molecule has 0 unspecified atom stereocenters. The van der Waals surface area contributed by atoms with Gasteiger partial charge in [-0.25, -0.2) is 0 Å². The molecule has 0 radical (unpaired) electrons. The SMILES string of the molecule is O=C(CN[C@@H](Cc1ccccc1)C(=O)O)NC1CCCCC1. The number of carboxylic acid groups (broad SMARTS) is 1. The molecule has 1 amide bonds. The predicted octanol–water partition coefficient (Wildman–Crippen LogP) is 1.72. The second kappa shape index (κ2) is 8.54. The third kappa shape index (κ3) is 5.48. The number of amides is 1. The van der Waals surface area contributed by atoms with Crippen LogP contribution in [0.4, 0.5) is 0 Å².